The molecule has 0 bridgehead atoms. The highest BCUT2D eigenvalue weighted by Gasteiger charge is 2.12. The van der Waals surface area contributed by atoms with Crippen LogP contribution in [0.2, 0.25) is 0 Å². The van der Waals surface area contributed by atoms with Crippen molar-refractivity contribution < 1.29 is 0 Å². The summed E-state index contributed by atoms with van der Waals surface area (Å²) in [5.74, 6) is 0.843. The molecule has 1 aliphatic rings. The summed E-state index contributed by atoms with van der Waals surface area (Å²) in [5.41, 5.74) is 4.44. The number of rotatable bonds is 7. The van der Waals surface area contributed by atoms with E-state index in [0.29, 0.717) is 0 Å². The van der Waals surface area contributed by atoms with Gasteiger partial charge in [-0.25, -0.2) is 4.98 Å². The summed E-state index contributed by atoms with van der Waals surface area (Å²) >= 11 is 1.77. The Balaban J connectivity index is 1.50. The first-order chi connectivity index (χ1) is 13.8. The molecule has 0 spiro atoms. The Kier molecular flexibility index (Phi) is 6.50. The quantitative estimate of drug-likeness (QED) is 0.393. The van der Waals surface area contributed by atoms with E-state index in [1.165, 1.54) is 60.3 Å². The molecule has 1 fully saturated rings. The van der Waals surface area contributed by atoms with E-state index in [9.17, 15) is 0 Å². The minimum atomic E-state index is 0.843. The number of benzene rings is 2. The minimum absolute atomic E-state index is 0.843. The van der Waals surface area contributed by atoms with Crippen molar-refractivity contribution in [2.45, 2.75) is 30.6 Å². The monoisotopic (exact) mass is 391 g/mol. The zero-order valence-electron chi connectivity index (χ0n) is 16.6. The molecular weight excluding hydrogens is 362 g/mol. The van der Waals surface area contributed by atoms with Crippen LogP contribution in [0.4, 0.5) is 5.69 Å². The normalized spacial score (nSPS) is 17.0. The van der Waals surface area contributed by atoms with Crippen LogP contribution in [0.5, 0.6) is 0 Å². The maximum Gasteiger partial charge on any atom is 0.0730 e. The van der Waals surface area contributed by atoms with Crippen molar-refractivity contribution in [3.05, 3.63) is 54.6 Å². The Labute approximate surface area is 172 Å². The molecule has 0 aliphatic carbocycles. The zero-order chi connectivity index (χ0) is 19.2. The number of hydrogen-bond donors (Lipinski definition) is 2. The first-order valence-electron chi connectivity index (χ1n) is 10.3. The number of piperidine rings is 1. The van der Waals surface area contributed by atoms with Gasteiger partial charge in [0.15, 0.2) is 0 Å². The lowest BCUT2D eigenvalue weighted by atomic mass is 9.95. The van der Waals surface area contributed by atoms with E-state index in [1.54, 1.807) is 11.8 Å². The van der Waals surface area contributed by atoms with E-state index >= 15 is 0 Å². The number of aromatic nitrogens is 1. The predicted molar refractivity (Wildman–Crippen MR) is 122 cm³/mol. The van der Waals surface area contributed by atoms with Gasteiger partial charge in [0.25, 0.3) is 0 Å². The molecule has 146 valence electrons. The Hall–Kier alpha value is -2.04. The van der Waals surface area contributed by atoms with Crippen LogP contribution in [-0.4, -0.2) is 30.9 Å². The molecule has 1 saturated heterocycles. The fourth-order valence-corrected chi connectivity index (χ4v) is 4.42. The summed E-state index contributed by atoms with van der Waals surface area (Å²) in [5, 5.41) is 8.42. The standard InChI is InChI=1S/C24H29N3S/c1-28-20-12-10-19(11-13-20)23-16-24(21-8-2-3-9-22(21)27-23)26-15-5-7-18-6-4-14-25-17-18/h2-3,8-13,16,18,25H,4-7,14-15,17H2,1H3,(H,26,27). The van der Waals surface area contributed by atoms with Gasteiger partial charge in [-0.15, -0.1) is 11.8 Å². The maximum absolute atomic E-state index is 4.91. The first-order valence-corrected chi connectivity index (χ1v) is 11.5. The summed E-state index contributed by atoms with van der Waals surface area (Å²) in [6.45, 7) is 3.39. The fourth-order valence-electron chi connectivity index (χ4n) is 4.02. The van der Waals surface area contributed by atoms with Gasteiger partial charge in [0, 0.05) is 28.1 Å². The lowest BCUT2D eigenvalue weighted by Crippen LogP contribution is -2.29. The molecule has 2 N–H and O–H groups in total. The molecule has 1 unspecified atom stereocenters. The van der Waals surface area contributed by atoms with E-state index in [4.69, 9.17) is 4.98 Å². The van der Waals surface area contributed by atoms with E-state index in [2.05, 4.69) is 71.5 Å². The van der Waals surface area contributed by atoms with Gasteiger partial charge in [0.2, 0.25) is 0 Å². The van der Waals surface area contributed by atoms with Gasteiger partial charge in [-0.05, 0) is 75.2 Å². The van der Waals surface area contributed by atoms with E-state index in [-0.39, 0.29) is 0 Å². The highest BCUT2D eigenvalue weighted by molar-refractivity contribution is 7.98. The van der Waals surface area contributed by atoms with Crippen LogP contribution >= 0.6 is 11.8 Å². The molecular formula is C24H29N3S. The number of anilines is 1. The zero-order valence-corrected chi connectivity index (χ0v) is 17.4. The van der Waals surface area contributed by atoms with Crippen LogP contribution in [0.3, 0.4) is 0 Å². The molecule has 3 aromatic rings. The molecule has 3 nitrogen and oxygen atoms in total. The highest BCUT2D eigenvalue weighted by Crippen LogP contribution is 2.29. The molecule has 0 saturated carbocycles. The highest BCUT2D eigenvalue weighted by atomic mass is 32.2. The summed E-state index contributed by atoms with van der Waals surface area (Å²) in [6.07, 6.45) is 7.31. The second kappa shape index (κ2) is 9.44. The van der Waals surface area contributed by atoms with Crippen molar-refractivity contribution in [1.82, 2.24) is 10.3 Å². The second-order valence-electron chi connectivity index (χ2n) is 7.58. The second-order valence-corrected chi connectivity index (χ2v) is 8.46. The van der Waals surface area contributed by atoms with Crippen molar-refractivity contribution in [2.75, 3.05) is 31.2 Å². The van der Waals surface area contributed by atoms with Crippen molar-refractivity contribution in [3.8, 4) is 11.3 Å². The number of nitrogens with zero attached hydrogens (tertiary/aromatic N) is 1. The SMILES string of the molecule is CSc1ccc(-c2cc(NCCCC3CCCNC3)c3ccccc3n2)cc1. The van der Waals surface area contributed by atoms with Gasteiger partial charge in [-0.1, -0.05) is 30.3 Å². The molecule has 1 aromatic heterocycles. The average Bonchev–Trinajstić information content (AvgIpc) is 2.77. The number of thioether (sulfide) groups is 1. The summed E-state index contributed by atoms with van der Waals surface area (Å²) in [4.78, 5) is 6.19. The molecule has 2 heterocycles. The molecule has 1 atom stereocenters. The fraction of sp³-hybridized carbons (Fsp3) is 0.375. The third kappa shape index (κ3) is 4.68. The molecule has 0 amide bonds. The van der Waals surface area contributed by atoms with Gasteiger partial charge in [-0.2, -0.15) is 0 Å². The maximum atomic E-state index is 4.91. The summed E-state index contributed by atoms with van der Waals surface area (Å²) in [7, 11) is 0. The van der Waals surface area contributed by atoms with Gasteiger partial charge in [0.1, 0.15) is 0 Å². The third-order valence-electron chi connectivity index (χ3n) is 5.61. The van der Waals surface area contributed by atoms with Crippen LogP contribution in [-0.2, 0) is 0 Å². The first kappa shape index (κ1) is 19.3. The lowest BCUT2D eigenvalue weighted by molar-refractivity contribution is 0.353. The number of pyridine rings is 1. The van der Waals surface area contributed by atoms with Crippen LogP contribution < -0.4 is 10.6 Å². The smallest absolute Gasteiger partial charge is 0.0730 e. The van der Waals surface area contributed by atoms with Crippen molar-refractivity contribution >= 4 is 28.4 Å². The molecule has 28 heavy (non-hydrogen) atoms. The lowest BCUT2D eigenvalue weighted by Gasteiger charge is -2.22. The van der Waals surface area contributed by atoms with Crippen LogP contribution in [0.25, 0.3) is 22.2 Å². The molecule has 2 aromatic carbocycles. The summed E-state index contributed by atoms with van der Waals surface area (Å²) < 4.78 is 0. The minimum Gasteiger partial charge on any atom is -0.384 e. The predicted octanol–water partition coefficient (Wildman–Crippen LogP) is 5.82. The largest absolute Gasteiger partial charge is 0.384 e. The van der Waals surface area contributed by atoms with Gasteiger partial charge < -0.3 is 10.6 Å². The molecule has 4 rings (SSSR count). The van der Waals surface area contributed by atoms with Crippen molar-refractivity contribution in [1.29, 1.82) is 0 Å². The third-order valence-corrected chi connectivity index (χ3v) is 6.35. The van der Waals surface area contributed by atoms with Crippen LogP contribution in [0.15, 0.2) is 59.5 Å². The molecule has 1 aliphatic heterocycles. The Morgan fingerprint density at radius 2 is 2.00 bits per heavy atom. The topological polar surface area (TPSA) is 37.0 Å². The van der Waals surface area contributed by atoms with E-state index < -0.39 is 0 Å². The van der Waals surface area contributed by atoms with E-state index in [0.717, 1.165) is 23.7 Å². The Morgan fingerprint density at radius 1 is 1.14 bits per heavy atom. The van der Waals surface area contributed by atoms with Crippen LogP contribution in [0, 0.1) is 5.92 Å². The molecule has 0 radical (unpaired) electrons. The number of para-hydroxylation sites is 1. The van der Waals surface area contributed by atoms with Gasteiger partial charge >= 0.3 is 0 Å². The number of hydrogen-bond acceptors (Lipinski definition) is 4. The number of nitrogens with one attached hydrogen (secondary N) is 2. The van der Waals surface area contributed by atoms with Crippen LogP contribution in [0.1, 0.15) is 25.7 Å². The van der Waals surface area contributed by atoms with E-state index in [1.807, 2.05) is 0 Å². The average molecular weight is 392 g/mol. The van der Waals surface area contributed by atoms with Crippen molar-refractivity contribution in [3.63, 3.8) is 0 Å². The Morgan fingerprint density at radius 3 is 2.79 bits per heavy atom. The summed E-state index contributed by atoms with van der Waals surface area (Å²) in [6, 6.07) is 19.3. The molecule has 4 heteroatoms. The van der Waals surface area contributed by atoms with Gasteiger partial charge in [0.05, 0.1) is 11.2 Å². The Bertz CT molecular complexity index is 901. The number of fused-ring (bicyclic) bond motifs is 1. The van der Waals surface area contributed by atoms with Crippen molar-refractivity contribution in [2.24, 2.45) is 5.92 Å². The van der Waals surface area contributed by atoms with Gasteiger partial charge in [-0.3, -0.25) is 0 Å².